The Bertz CT molecular complexity index is 450. The van der Waals surface area contributed by atoms with Crippen molar-refractivity contribution in [3.05, 3.63) is 110 Å². The van der Waals surface area contributed by atoms with Crippen LogP contribution >= 0.6 is 18.6 Å². The average Bonchev–Trinajstić information content (AvgIpc) is 3.18. The van der Waals surface area contributed by atoms with Gasteiger partial charge in [0.1, 0.15) is 0 Å². The molecule has 3 heteroatoms. The van der Waals surface area contributed by atoms with Gasteiger partial charge in [0.2, 0.25) is 0 Å². The SMILES string of the molecule is [CH]1[CH][C](CC[C]2[CH][CH][C]3C=CC=C[C]32)[C]2C=CC=C[C]12.[Cl][Ti][Cl]. The van der Waals surface area contributed by atoms with E-state index in [1.165, 1.54) is 35.5 Å². The molecule has 0 amide bonds. The van der Waals surface area contributed by atoms with E-state index in [-0.39, 0.29) is 0 Å². The van der Waals surface area contributed by atoms with Crippen LogP contribution in [0.4, 0.5) is 0 Å². The minimum absolute atomic E-state index is 0.556. The zero-order valence-corrected chi connectivity index (χ0v) is 15.7. The molecule has 2 saturated carbocycles. The number of allylic oxidation sites excluding steroid dienone is 8. The van der Waals surface area contributed by atoms with Gasteiger partial charge in [-0.25, -0.2) is 0 Å². The van der Waals surface area contributed by atoms with Crippen LogP contribution in [0.2, 0.25) is 0 Å². The van der Waals surface area contributed by atoms with Gasteiger partial charge >= 0.3 is 35.6 Å². The summed E-state index contributed by atoms with van der Waals surface area (Å²) < 4.78 is 0. The summed E-state index contributed by atoms with van der Waals surface area (Å²) in [6.45, 7) is 0. The first kappa shape index (κ1) is 18.1. The molecule has 4 aliphatic carbocycles. The molecule has 4 aliphatic rings. The summed E-state index contributed by atoms with van der Waals surface area (Å²) in [5.74, 6) is 8.45. The summed E-state index contributed by atoms with van der Waals surface area (Å²) >= 11 is -0.556. The quantitative estimate of drug-likeness (QED) is 0.557. The second kappa shape index (κ2) is 9.09. The van der Waals surface area contributed by atoms with Crippen LogP contribution < -0.4 is 0 Å². The molecular formula is C20H16Cl2Ti. The molecule has 0 aliphatic heterocycles. The first-order chi connectivity index (χ1) is 11.3. The predicted octanol–water partition coefficient (Wildman–Crippen LogP) is 5.69. The van der Waals surface area contributed by atoms with E-state index in [0.29, 0.717) is 0 Å². The maximum absolute atomic E-state index is 4.89. The number of halogens is 2. The van der Waals surface area contributed by atoms with Gasteiger partial charge in [0.15, 0.2) is 0 Å². The van der Waals surface area contributed by atoms with Crippen LogP contribution in [0.3, 0.4) is 0 Å². The van der Waals surface area contributed by atoms with E-state index >= 15 is 0 Å². The summed E-state index contributed by atoms with van der Waals surface area (Å²) in [6, 6.07) is 0. The Labute approximate surface area is 157 Å². The molecule has 0 aromatic rings. The van der Waals surface area contributed by atoms with Crippen LogP contribution in [-0.2, 0) is 17.0 Å². The van der Waals surface area contributed by atoms with Crippen LogP contribution in [0, 0.1) is 61.2 Å². The summed E-state index contributed by atoms with van der Waals surface area (Å²) in [7, 11) is 9.78. The molecule has 0 heterocycles. The molecule has 0 saturated heterocycles. The van der Waals surface area contributed by atoms with Crippen LogP contribution in [0.5, 0.6) is 0 Å². The fourth-order valence-corrected chi connectivity index (χ4v) is 3.14. The predicted molar refractivity (Wildman–Crippen MR) is 94.2 cm³/mol. The van der Waals surface area contributed by atoms with Crippen LogP contribution in [0.25, 0.3) is 0 Å². The molecule has 0 spiro atoms. The first-order valence-corrected chi connectivity index (χ1v) is 11.9. The molecule has 0 aromatic heterocycles. The number of rotatable bonds is 3. The third-order valence-electron chi connectivity index (χ3n) is 4.21. The van der Waals surface area contributed by atoms with Gasteiger partial charge < -0.3 is 0 Å². The van der Waals surface area contributed by atoms with E-state index in [1.54, 1.807) is 0 Å². The van der Waals surface area contributed by atoms with E-state index in [4.69, 9.17) is 18.6 Å². The van der Waals surface area contributed by atoms with Gasteiger partial charge in [0.05, 0.1) is 0 Å². The molecule has 114 valence electrons. The van der Waals surface area contributed by atoms with Gasteiger partial charge in [-0.05, 0) is 50.4 Å². The van der Waals surface area contributed by atoms with Crippen molar-refractivity contribution >= 4 is 18.6 Å². The Hall–Kier alpha value is 0.254. The molecule has 23 heavy (non-hydrogen) atoms. The molecule has 4 rings (SSSR count). The fourth-order valence-electron chi connectivity index (χ4n) is 3.14. The van der Waals surface area contributed by atoms with Crippen molar-refractivity contribution in [2.45, 2.75) is 12.8 Å². The number of hydrogen-bond acceptors (Lipinski definition) is 0. The van der Waals surface area contributed by atoms with Gasteiger partial charge in [-0.1, -0.05) is 48.6 Å². The summed E-state index contributed by atoms with van der Waals surface area (Å²) in [4.78, 5) is 0. The molecule has 0 N–H and O–H groups in total. The van der Waals surface area contributed by atoms with Crippen molar-refractivity contribution in [2.75, 3.05) is 0 Å². The van der Waals surface area contributed by atoms with Crippen molar-refractivity contribution in [2.24, 2.45) is 0 Å². The Morgan fingerprint density at radius 3 is 1.43 bits per heavy atom. The molecule has 0 atom stereocenters. The van der Waals surface area contributed by atoms with Gasteiger partial charge in [0.25, 0.3) is 0 Å². The summed E-state index contributed by atoms with van der Waals surface area (Å²) in [5.41, 5.74) is 0. The Morgan fingerprint density at radius 2 is 1.00 bits per heavy atom. The van der Waals surface area contributed by atoms with Gasteiger partial charge in [0, 0.05) is 23.7 Å². The van der Waals surface area contributed by atoms with E-state index < -0.39 is 17.0 Å². The Balaban J connectivity index is 0.000000485. The Kier molecular flexibility index (Phi) is 7.14. The molecule has 0 aromatic carbocycles. The van der Waals surface area contributed by atoms with Gasteiger partial charge in [-0.15, -0.1) is 0 Å². The van der Waals surface area contributed by atoms with E-state index in [1.807, 2.05) is 0 Å². The molecule has 0 unspecified atom stereocenters. The minimum atomic E-state index is -0.556. The van der Waals surface area contributed by atoms with Crippen LogP contribution in [-0.4, -0.2) is 0 Å². The van der Waals surface area contributed by atoms with Gasteiger partial charge in [-0.2, -0.15) is 0 Å². The first-order valence-electron chi connectivity index (χ1n) is 7.56. The molecule has 0 bridgehead atoms. The average molecular weight is 375 g/mol. The number of fused-ring (bicyclic) bond motifs is 2. The van der Waals surface area contributed by atoms with Gasteiger partial charge in [-0.3, -0.25) is 0 Å². The van der Waals surface area contributed by atoms with Crippen molar-refractivity contribution < 1.29 is 17.0 Å². The fraction of sp³-hybridized carbons (Fsp3) is 0.100. The molecule has 2 fully saturated rings. The van der Waals surface area contributed by atoms with Crippen LogP contribution in [0.1, 0.15) is 12.8 Å². The van der Waals surface area contributed by atoms with E-state index in [9.17, 15) is 0 Å². The number of hydrogen-bond donors (Lipinski definition) is 0. The summed E-state index contributed by atoms with van der Waals surface area (Å²) in [6.07, 6.45) is 28.5. The third kappa shape index (κ3) is 4.46. The normalized spacial score (nSPS) is 25.5. The maximum atomic E-state index is 4.89. The van der Waals surface area contributed by atoms with E-state index in [0.717, 1.165) is 12.8 Å². The zero-order chi connectivity index (χ0) is 16.1. The van der Waals surface area contributed by atoms with Crippen molar-refractivity contribution in [3.8, 4) is 0 Å². The van der Waals surface area contributed by atoms with E-state index in [2.05, 4.69) is 74.3 Å². The topological polar surface area (TPSA) is 0 Å². The second-order valence-electron chi connectivity index (χ2n) is 5.46. The standard InChI is InChI=1S/C20H16.2ClH.Ti/c1-3-7-19-15(5-1)9-11-17(19)13-14-18-12-10-16-6-2-4-8-20(16)18;;;/h1-12H,13-14H2;2*1H;/q;;;+2/p-2. The van der Waals surface area contributed by atoms with Crippen molar-refractivity contribution in [3.63, 3.8) is 0 Å². The molecular weight excluding hydrogens is 359 g/mol. The zero-order valence-electron chi connectivity index (χ0n) is 12.6. The van der Waals surface area contributed by atoms with Crippen molar-refractivity contribution in [1.29, 1.82) is 0 Å². The Morgan fingerprint density at radius 1 is 0.609 bits per heavy atom. The van der Waals surface area contributed by atoms with Crippen molar-refractivity contribution in [1.82, 2.24) is 0 Å². The molecule has 10 radical (unpaired) electrons. The monoisotopic (exact) mass is 374 g/mol. The molecule has 0 nitrogen and oxygen atoms in total. The van der Waals surface area contributed by atoms with Crippen LogP contribution in [0.15, 0.2) is 48.6 Å². The third-order valence-corrected chi connectivity index (χ3v) is 4.21. The summed E-state index contributed by atoms with van der Waals surface area (Å²) in [5, 5.41) is 0. The second-order valence-corrected chi connectivity index (χ2v) is 8.04.